The van der Waals surface area contributed by atoms with Crippen molar-refractivity contribution in [1.29, 1.82) is 0 Å². The van der Waals surface area contributed by atoms with Crippen LogP contribution in [-0.4, -0.2) is 35.8 Å². The molecule has 1 aromatic carbocycles. The minimum absolute atomic E-state index is 0.0110. The van der Waals surface area contributed by atoms with Crippen molar-refractivity contribution in [2.45, 2.75) is 24.8 Å². The van der Waals surface area contributed by atoms with E-state index in [1.165, 1.54) is 18.2 Å². The zero-order chi connectivity index (χ0) is 14.4. The highest BCUT2D eigenvalue weighted by Gasteiger charge is 2.14. The molecule has 0 aromatic heterocycles. The average molecular weight is 336 g/mol. The van der Waals surface area contributed by atoms with E-state index in [9.17, 15) is 13.6 Å². The molecule has 6 heteroatoms. The van der Waals surface area contributed by atoms with Gasteiger partial charge in [-0.1, -0.05) is 28.9 Å². The van der Waals surface area contributed by atoms with Crippen LogP contribution in [0.1, 0.15) is 23.7 Å². The van der Waals surface area contributed by atoms with E-state index in [0.717, 1.165) is 6.42 Å². The van der Waals surface area contributed by atoms with Crippen molar-refractivity contribution in [3.8, 4) is 5.75 Å². The fourth-order valence-corrected chi connectivity index (χ4v) is 1.70. The first kappa shape index (κ1) is 15.9. The SMILES string of the molecule is CC(Br)CCN(C)C(=O)c1cccc(OC(F)F)c1. The summed E-state index contributed by atoms with van der Waals surface area (Å²) in [6.45, 7) is -0.307. The summed E-state index contributed by atoms with van der Waals surface area (Å²) in [6.07, 6.45) is 0.815. The van der Waals surface area contributed by atoms with Crippen molar-refractivity contribution in [3.05, 3.63) is 29.8 Å². The first-order valence-electron chi connectivity index (χ1n) is 5.84. The Balaban J connectivity index is 2.70. The monoisotopic (exact) mass is 335 g/mol. The minimum Gasteiger partial charge on any atom is -0.435 e. The summed E-state index contributed by atoms with van der Waals surface area (Å²) in [6, 6.07) is 5.81. The number of hydrogen-bond acceptors (Lipinski definition) is 2. The second kappa shape index (κ2) is 7.43. The van der Waals surface area contributed by atoms with E-state index in [0.29, 0.717) is 16.9 Å². The van der Waals surface area contributed by atoms with Crippen molar-refractivity contribution in [2.24, 2.45) is 0 Å². The highest BCUT2D eigenvalue weighted by molar-refractivity contribution is 9.09. The van der Waals surface area contributed by atoms with Gasteiger partial charge in [-0.3, -0.25) is 4.79 Å². The van der Waals surface area contributed by atoms with Gasteiger partial charge in [0, 0.05) is 24.0 Å². The molecule has 3 nitrogen and oxygen atoms in total. The number of carbonyl (C=O) groups excluding carboxylic acids is 1. The Labute approximate surface area is 119 Å². The number of benzene rings is 1. The van der Waals surface area contributed by atoms with Crippen LogP contribution < -0.4 is 4.74 Å². The maximum absolute atomic E-state index is 12.1. The number of halogens is 3. The third-order valence-electron chi connectivity index (χ3n) is 2.52. The van der Waals surface area contributed by atoms with Crippen LogP contribution in [-0.2, 0) is 0 Å². The third kappa shape index (κ3) is 5.55. The van der Waals surface area contributed by atoms with Gasteiger partial charge in [0.25, 0.3) is 5.91 Å². The van der Waals surface area contributed by atoms with E-state index in [1.54, 1.807) is 18.0 Å². The number of rotatable bonds is 6. The molecule has 0 aliphatic carbocycles. The quantitative estimate of drug-likeness (QED) is 0.744. The van der Waals surface area contributed by atoms with Crippen LogP contribution in [0.15, 0.2) is 24.3 Å². The normalized spacial score (nSPS) is 12.3. The lowest BCUT2D eigenvalue weighted by atomic mass is 10.2. The van der Waals surface area contributed by atoms with E-state index in [4.69, 9.17) is 0 Å². The van der Waals surface area contributed by atoms with Crippen molar-refractivity contribution in [3.63, 3.8) is 0 Å². The minimum atomic E-state index is -2.89. The Morgan fingerprint density at radius 3 is 2.74 bits per heavy atom. The molecule has 0 fully saturated rings. The molecule has 0 aliphatic rings. The van der Waals surface area contributed by atoms with Crippen LogP contribution in [0.5, 0.6) is 5.75 Å². The summed E-state index contributed by atoms with van der Waals surface area (Å²) >= 11 is 3.41. The molecule has 19 heavy (non-hydrogen) atoms. The van der Waals surface area contributed by atoms with Gasteiger partial charge in [-0.05, 0) is 24.6 Å². The van der Waals surface area contributed by atoms with E-state index >= 15 is 0 Å². The molecule has 106 valence electrons. The van der Waals surface area contributed by atoms with Gasteiger partial charge in [-0.2, -0.15) is 8.78 Å². The molecule has 0 radical (unpaired) electrons. The van der Waals surface area contributed by atoms with Gasteiger partial charge in [-0.15, -0.1) is 0 Å². The lowest BCUT2D eigenvalue weighted by molar-refractivity contribution is -0.0499. The second-order valence-corrected chi connectivity index (χ2v) is 5.77. The molecule has 1 amide bonds. The Kier molecular flexibility index (Phi) is 6.21. The predicted octanol–water partition coefficient (Wildman–Crippen LogP) is 3.53. The second-order valence-electron chi connectivity index (χ2n) is 4.20. The lowest BCUT2D eigenvalue weighted by Crippen LogP contribution is -2.28. The molecule has 0 heterocycles. The van der Waals surface area contributed by atoms with E-state index in [2.05, 4.69) is 20.7 Å². The standard InChI is InChI=1S/C13H16BrF2NO2/c1-9(14)6-7-17(2)12(18)10-4-3-5-11(8-10)19-13(15)16/h3-5,8-9,13H,6-7H2,1-2H3. The zero-order valence-electron chi connectivity index (χ0n) is 10.8. The largest absolute Gasteiger partial charge is 0.435 e. The van der Waals surface area contributed by atoms with Crippen molar-refractivity contribution < 1.29 is 18.3 Å². The van der Waals surface area contributed by atoms with Crippen LogP contribution >= 0.6 is 15.9 Å². The van der Waals surface area contributed by atoms with Crippen LogP contribution in [0.2, 0.25) is 0 Å². The molecular formula is C13H16BrF2NO2. The molecule has 1 atom stereocenters. The number of carbonyl (C=O) groups is 1. The van der Waals surface area contributed by atoms with E-state index in [-0.39, 0.29) is 11.7 Å². The molecule has 0 spiro atoms. The molecule has 0 aliphatic heterocycles. The summed E-state index contributed by atoms with van der Waals surface area (Å²) < 4.78 is 28.5. The van der Waals surface area contributed by atoms with Crippen LogP contribution in [0.25, 0.3) is 0 Å². The predicted molar refractivity (Wildman–Crippen MR) is 73.0 cm³/mol. The van der Waals surface area contributed by atoms with Gasteiger partial charge in [0.1, 0.15) is 5.75 Å². The Hall–Kier alpha value is -1.17. The number of alkyl halides is 3. The van der Waals surface area contributed by atoms with Crippen LogP contribution in [0.3, 0.4) is 0 Å². The average Bonchev–Trinajstić information content (AvgIpc) is 2.34. The van der Waals surface area contributed by atoms with Crippen LogP contribution in [0, 0.1) is 0 Å². The van der Waals surface area contributed by atoms with Gasteiger partial charge in [-0.25, -0.2) is 0 Å². The van der Waals surface area contributed by atoms with Gasteiger partial charge in [0.15, 0.2) is 0 Å². The van der Waals surface area contributed by atoms with E-state index < -0.39 is 6.61 Å². The number of nitrogens with zero attached hydrogens (tertiary/aromatic N) is 1. The highest BCUT2D eigenvalue weighted by atomic mass is 79.9. The third-order valence-corrected chi connectivity index (χ3v) is 2.97. The van der Waals surface area contributed by atoms with Gasteiger partial charge in [0.05, 0.1) is 0 Å². The first-order chi connectivity index (χ1) is 8.90. The number of hydrogen-bond donors (Lipinski definition) is 0. The summed E-state index contributed by atoms with van der Waals surface area (Å²) in [5, 5.41) is 0. The highest BCUT2D eigenvalue weighted by Crippen LogP contribution is 2.17. The summed E-state index contributed by atoms with van der Waals surface area (Å²) in [4.78, 5) is 13.9. The van der Waals surface area contributed by atoms with E-state index in [1.807, 2.05) is 6.92 Å². The molecule has 1 unspecified atom stereocenters. The molecular weight excluding hydrogens is 320 g/mol. The summed E-state index contributed by atoms with van der Waals surface area (Å²) in [5.41, 5.74) is 0.336. The summed E-state index contributed by atoms with van der Waals surface area (Å²) in [5.74, 6) is -0.226. The Morgan fingerprint density at radius 1 is 1.47 bits per heavy atom. The fraction of sp³-hybridized carbons (Fsp3) is 0.462. The molecule has 0 N–H and O–H groups in total. The molecule has 0 saturated carbocycles. The molecule has 0 saturated heterocycles. The molecule has 1 rings (SSSR count). The first-order valence-corrected chi connectivity index (χ1v) is 6.76. The molecule has 0 bridgehead atoms. The van der Waals surface area contributed by atoms with Crippen molar-refractivity contribution in [1.82, 2.24) is 4.90 Å². The van der Waals surface area contributed by atoms with Gasteiger partial charge in [0.2, 0.25) is 0 Å². The fourth-order valence-electron chi connectivity index (χ4n) is 1.50. The Morgan fingerprint density at radius 2 is 2.16 bits per heavy atom. The zero-order valence-corrected chi connectivity index (χ0v) is 12.4. The lowest BCUT2D eigenvalue weighted by Gasteiger charge is -2.18. The van der Waals surface area contributed by atoms with Crippen LogP contribution in [0.4, 0.5) is 8.78 Å². The van der Waals surface area contributed by atoms with Gasteiger partial charge < -0.3 is 9.64 Å². The number of amides is 1. The Bertz CT molecular complexity index is 427. The summed E-state index contributed by atoms with van der Waals surface area (Å²) in [7, 11) is 1.68. The maximum atomic E-state index is 12.1. The number of ether oxygens (including phenoxy) is 1. The smallest absolute Gasteiger partial charge is 0.387 e. The molecule has 1 aromatic rings. The maximum Gasteiger partial charge on any atom is 0.387 e. The topological polar surface area (TPSA) is 29.5 Å². The van der Waals surface area contributed by atoms with Crippen molar-refractivity contribution in [2.75, 3.05) is 13.6 Å². The van der Waals surface area contributed by atoms with Crippen molar-refractivity contribution >= 4 is 21.8 Å². The van der Waals surface area contributed by atoms with Gasteiger partial charge >= 0.3 is 6.61 Å².